The molecular weight excluding hydrogens is 396 g/mol. The van der Waals surface area contributed by atoms with Crippen molar-refractivity contribution in [2.75, 3.05) is 10.1 Å². The second kappa shape index (κ2) is 6.76. The van der Waals surface area contributed by atoms with Gasteiger partial charge in [-0.25, -0.2) is 25.9 Å². The van der Waals surface area contributed by atoms with Crippen LogP contribution in [0.15, 0.2) is 40.6 Å². The van der Waals surface area contributed by atoms with Gasteiger partial charge in [0.1, 0.15) is 0 Å². The molecule has 0 radical (unpaired) electrons. The Morgan fingerprint density at radius 2 is 2.04 bits per heavy atom. The van der Waals surface area contributed by atoms with E-state index >= 15 is 0 Å². The lowest BCUT2D eigenvalue weighted by molar-refractivity contribution is -0.119. The molecule has 1 fully saturated rings. The average molecular weight is 415 g/mol. The fourth-order valence-electron chi connectivity index (χ4n) is 2.81. The summed E-state index contributed by atoms with van der Waals surface area (Å²) in [7, 11) is -7.48. The van der Waals surface area contributed by atoms with Gasteiger partial charge in [-0.3, -0.25) is 4.79 Å². The minimum atomic E-state index is -3.76. The molecule has 2 aromatic rings. The van der Waals surface area contributed by atoms with Crippen LogP contribution in [0.4, 0.5) is 5.69 Å². The third-order valence-corrected chi connectivity index (χ3v) is 8.37. The molecule has 1 saturated heterocycles. The third-order valence-electron chi connectivity index (χ3n) is 4.06. The maximum absolute atomic E-state index is 12.5. The Hall–Kier alpha value is -1.75. The first kappa shape index (κ1) is 19.0. The molecule has 1 N–H and O–H groups in total. The number of carbonyl (C=O) groups is 1. The van der Waals surface area contributed by atoms with E-state index in [1.165, 1.54) is 29.5 Å². The van der Waals surface area contributed by atoms with Crippen LogP contribution in [0.25, 0.3) is 0 Å². The third kappa shape index (κ3) is 3.54. The number of rotatable bonds is 5. The second-order valence-corrected chi connectivity index (χ2v) is 10.8. The molecule has 0 spiro atoms. The minimum absolute atomic E-state index is 0.0508. The average Bonchev–Trinajstić information content (AvgIpc) is 3.12. The van der Waals surface area contributed by atoms with Crippen LogP contribution in [0.5, 0.6) is 0 Å². The lowest BCUT2D eigenvalue weighted by atomic mass is 10.2. The topological polar surface area (TPSA) is 101 Å². The molecule has 1 amide bonds. The first-order valence-corrected chi connectivity index (χ1v) is 11.8. The van der Waals surface area contributed by atoms with Gasteiger partial charge < -0.3 is 0 Å². The van der Waals surface area contributed by atoms with E-state index < -0.39 is 31.9 Å². The zero-order valence-corrected chi connectivity index (χ0v) is 16.6. The van der Waals surface area contributed by atoms with Crippen molar-refractivity contribution in [3.63, 3.8) is 0 Å². The Bertz CT molecular complexity index is 1040. The predicted octanol–water partition coefficient (Wildman–Crippen LogP) is 1.85. The van der Waals surface area contributed by atoms with Crippen LogP contribution in [0.2, 0.25) is 0 Å². The number of amides is 1. The van der Waals surface area contributed by atoms with Crippen molar-refractivity contribution in [2.24, 2.45) is 5.92 Å². The monoisotopic (exact) mass is 414 g/mol. The molecule has 1 aromatic carbocycles. The van der Waals surface area contributed by atoms with Crippen molar-refractivity contribution >= 4 is 43.0 Å². The molecule has 7 nitrogen and oxygen atoms in total. The normalized spacial score (nSPS) is 19.8. The summed E-state index contributed by atoms with van der Waals surface area (Å²) in [5, 5.41) is 1.86. The smallest absolute Gasteiger partial charge is 0.244 e. The molecule has 0 saturated carbocycles. The molecule has 1 aromatic heterocycles. The predicted molar refractivity (Wildman–Crippen MR) is 100.0 cm³/mol. The van der Waals surface area contributed by atoms with E-state index in [0.717, 1.165) is 9.18 Å². The number of benzene rings is 1. The van der Waals surface area contributed by atoms with Crippen LogP contribution in [0.1, 0.15) is 17.4 Å². The SMILES string of the molecule is Cc1cc(N2C(=O)C(C)CS2(=O)=O)ccc1S(=O)(=O)NCc1cccs1. The van der Waals surface area contributed by atoms with Crippen LogP contribution in [-0.4, -0.2) is 28.5 Å². The molecular formula is C16H18N2O5S3. The summed E-state index contributed by atoms with van der Waals surface area (Å²) < 4.78 is 52.7. The molecule has 1 aliphatic heterocycles. The summed E-state index contributed by atoms with van der Waals surface area (Å²) in [6.45, 7) is 3.30. The van der Waals surface area contributed by atoms with E-state index in [-0.39, 0.29) is 22.9 Å². The fourth-order valence-corrected chi connectivity index (χ4v) is 6.58. The van der Waals surface area contributed by atoms with Gasteiger partial charge in [-0.15, -0.1) is 11.3 Å². The van der Waals surface area contributed by atoms with Gasteiger partial charge in [0.05, 0.1) is 22.3 Å². The van der Waals surface area contributed by atoms with E-state index in [1.807, 2.05) is 17.5 Å². The zero-order valence-electron chi connectivity index (χ0n) is 14.2. The summed E-state index contributed by atoms with van der Waals surface area (Å²) in [5.41, 5.74) is 0.526. The van der Waals surface area contributed by atoms with E-state index in [4.69, 9.17) is 0 Å². The number of aryl methyl sites for hydroxylation is 1. The van der Waals surface area contributed by atoms with E-state index in [2.05, 4.69) is 4.72 Å². The lowest BCUT2D eigenvalue weighted by Gasteiger charge is -2.17. The molecule has 10 heteroatoms. The molecule has 0 bridgehead atoms. The van der Waals surface area contributed by atoms with Gasteiger partial charge in [0.2, 0.25) is 26.0 Å². The number of carbonyl (C=O) groups excluding carboxylic acids is 1. The van der Waals surface area contributed by atoms with Gasteiger partial charge in [-0.1, -0.05) is 13.0 Å². The van der Waals surface area contributed by atoms with Crippen LogP contribution >= 0.6 is 11.3 Å². The summed E-state index contributed by atoms with van der Waals surface area (Å²) in [6, 6.07) is 7.75. The van der Waals surface area contributed by atoms with E-state index in [1.54, 1.807) is 13.8 Å². The van der Waals surface area contributed by atoms with Crippen molar-refractivity contribution in [2.45, 2.75) is 25.3 Å². The van der Waals surface area contributed by atoms with Crippen LogP contribution in [0.3, 0.4) is 0 Å². The number of anilines is 1. The van der Waals surface area contributed by atoms with Crippen molar-refractivity contribution in [3.05, 3.63) is 46.2 Å². The molecule has 26 heavy (non-hydrogen) atoms. The molecule has 1 aliphatic rings. The Balaban J connectivity index is 1.89. The highest BCUT2D eigenvalue weighted by molar-refractivity contribution is 7.94. The van der Waals surface area contributed by atoms with Crippen LogP contribution in [0, 0.1) is 12.8 Å². The molecule has 0 aliphatic carbocycles. The van der Waals surface area contributed by atoms with Crippen molar-refractivity contribution in [3.8, 4) is 0 Å². The molecule has 3 rings (SSSR count). The molecule has 140 valence electrons. The Morgan fingerprint density at radius 1 is 1.31 bits per heavy atom. The number of nitrogens with one attached hydrogen (secondary N) is 1. The van der Waals surface area contributed by atoms with Crippen LogP contribution < -0.4 is 9.03 Å². The number of thiophene rings is 1. The molecule has 1 atom stereocenters. The Kier molecular flexibility index (Phi) is 4.95. The molecule has 2 heterocycles. The number of nitrogens with zero attached hydrogens (tertiary/aromatic N) is 1. The van der Waals surface area contributed by atoms with Crippen LogP contribution in [-0.2, 0) is 31.4 Å². The Morgan fingerprint density at radius 3 is 2.58 bits per heavy atom. The maximum atomic E-state index is 12.5. The van der Waals surface area contributed by atoms with E-state index in [0.29, 0.717) is 5.56 Å². The summed E-state index contributed by atoms with van der Waals surface area (Å²) in [6.07, 6.45) is 0. The zero-order chi connectivity index (χ0) is 19.1. The van der Waals surface area contributed by atoms with Gasteiger partial charge in [0.15, 0.2) is 0 Å². The molecule has 1 unspecified atom stereocenters. The number of hydrogen-bond donors (Lipinski definition) is 1. The lowest BCUT2D eigenvalue weighted by Crippen LogP contribution is -2.30. The second-order valence-electron chi connectivity index (χ2n) is 6.14. The van der Waals surface area contributed by atoms with Crippen molar-refractivity contribution in [1.82, 2.24) is 4.72 Å². The summed E-state index contributed by atoms with van der Waals surface area (Å²) in [5.74, 6) is -1.36. The van der Waals surface area contributed by atoms with Crippen molar-refractivity contribution in [1.29, 1.82) is 0 Å². The fraction of sp³-hybridized carbons (Fsp3) is 0.312. The first-order chi connectivity index (χ1) is 12.1. The van der Waals surface area contributed by atoms with Gasteiger partial charge in [0, 0.05) is 11.4 Å². The van der Waals surface area contributed by atoms with Crippen molar-refractivity contribution < 1.29 is 21.6 Å². The van der Waals surface area contributed by atoms with Gasteiger partial charge in [-0.2, -0.15) is 0 Å². The van der Waals surface area contributed by atoms with Gasteiger partial charge in [0.25, 0.3) is 0 Å². The highest BCUT2D eigenvalue weighted by atomic mass is 32.2. The number of sulfonamides is 2. The summed E-state index contributed by atoms with van der Waals surface area (Å²) >= 11 is 1.44. The largest absolute Gasteiger partial charge is 0.273 e. The highest BCUT2D eigenvalue weighted by Crippen LogP contribution is 2.30. The first-order valence-electron chi connectivity index (χ1n) is 7.81. The standard InChI is InChI=1S/C16H18N2O5S3/c1-11-8-13(18-16(19)12(2)10-25(18,20)21)5-6-15(11)26(22,23)17-9-14-4-3-7-24-14/h3-8,12,17H,9-10H2,1-2H3. The number of hydrogen-bond acceptors (Lipinski definition) is 6. The maximum Gasteiger partial charge on any atom is 0.244 e. The van der Waals surface area contributed by atoms with Gasteiger partial charge in [-0.05, 0) is 42.1 Å². The summed E-state index contributed by atoms with van der Waals surface area (Å²) in [4.78, 5) is 13.1. The quantitative estimate of drug-likeness (QED) is 0.805. The van der Waals surface area contributed by atoms with Gasteiger partial charge >= 0.3 is 0 Å². The highest BCUT2D eigenvalue weighted by Gasteiger charge is 2.42. The Labute approximate surface area is 156 Å². The minimum Gasteiger partial charge on any atom is -0.273 e. The van der Waals surface area contributed by atoms with E-state index in [9.17, 15) is 21.6 Å².